The fourth-order valence-corrected chi connectivity index (χ4v) is 2.52. The molecular formula is C16H24N4. The Bertz CT molecular complexity index is 502. The molecule has 0 fully saturated rings. The normalized spacial score (nSPS) is 12.8. The van der Waals surface area contributed by atoms with Gasteiger partial charge in [-0.1, -0.05) is 44.2 Å². The minimum absolute atomic E-state index is 0.0984. The highest BCUT2D eigenvalue weighted by Gasteiger charge is 2.13. The number of nitrogens with one attached hydrogen (secondary N) is 1. The van der Waals surface area contributed by atoms with Crippen LogP contribution in [0.25, 0.3) is 0 Å². The first kappa shape index (κ1) is 14.8. The molecule has 0 aliphatic carbocycles. The van der Waals surface area contributed by atoms with Crippen molar-refractivity contribution in [1.82, 2.24) is 15.2 Å². The van der Waals surface area contributed by atoms with Crippen molar-refractivity contribution in [2.24, 2.45) is 5.84 Å². The first-order valence-electron chi connectivity index (χ1n) is 7.33. The predicted octanol–water partition coefficient (Wildman–Crippen LogP) is 2.99. The second kappa shape index (κ2) is 7.22. The minimum Gasteiger partial charge on any atom is -0.271 e. The molecule has 108 valence electrons. The van der Waals surface area contributed by atoms with Gasteiger partial charge in [0.15, 0.2) is 0 Å². The van der Waals surface area contributed by atoms with E-state index < -0.39 is 0 Å². The van der Waals surface area contributed by atoms with Crippen LogP contribution in [0.2, 0.25) is 0 Å². The van der Waals surface area contributed by atoms with Crippen LogP contribution in [0.5, 0.6) is 0 Å². The average molecular weight is 272 g/mol. The lowest BCUT2D eigenvalue weighted by molar-refractivity contribution is 0.422. The van der Waals surface area contributed by atoms with Crippen molar-refractivity contribution in [3.8, 4) is 0 Å². The molecule has 20 heavy (non-hydrogen) atoms. The molecule has 0 amide bonds. The van der Waals surface area contributed by atoms with Gasteiger partial charge in [0.25, 0.3) is 0 Å². The largest absolute Gasteiger partial charge is 0.271 e. The lowest BCUT2D eigenvalue weighted by atomic mass is 10.0. The van der Waals surface area contributed by atoms with Crippen molar-refractivity contribution in [3.05, 3.63) is 53.9 Å². The minimum atomic E-state index is 0.0984. The lowest BCUT2D eigenvalue weighted by Gasteiger charge is -2.15. The maximum Gasteiger partial charge on any atom is 0.0644 e. The zero-order chi connectivity index (χ0) is 14.4. The van der Waals surface area contributed by atoms with E-state index in [4.69, 9.17) is 5.84 Å². The summed E-state index contributed by atoms with van der Waals surface area (Å²) in [7, 11) is 0. The van der Waals surface area contributed by atoms with Crippen molar-refractivity contribution < 1.29 is 0 Å². The maximum absolute atomic E-state index is 5.69. The van der Waals surface area contributed by atoms with Crippen LogP contribution in [0.4, 0.5) is 0 Å². The predicted molar refractivity (Wildman–Crippen MR) is 82.1 cm³/mol. The Labute approximate surface area is 121 Å². The number of hydrogen-bond acceptors (Lipinski definition) is 3. The molecule has 3 N–H and O–H groups in total. The number of aromatic nitrogens is 2. The summed E-state index contributed by atoms with van der Waals surface area (Å²) in [6.07, 6.45) is 5.09. The Morgan fingerprint density at radius 3 is 2.45 bits per heavy atom. The van der Waals surface area contributed by atoms with E-state index in [1.165, 1.54) is 5.56 Å². The van der Waals surface area contributed by atoms with Gasteiger partial charge in [-0.15, -0.1) is 0 Å². The molecule has 0 saturated carbocycles. The number of hydrogen-bond donors (Lipinski definition) is 2. The van der Waals surface area contributed by atoms with Crippen LogP contribution in [0, 0.1) is 0 Å². The van der Waals surface area contributed by atoms with Crippen LogP contribution in [0.3, 0.4) is 0 Å². The van der Waals surface area contributed by atoms with Crippen LogP contribution < -0.4 is 11.3 Å². The monoisotopic (exact) mass is 272 g/mol. The Balaban J connectivity index is 2.09. The van der Waals surface area contributed by atoms with Crippen LogP contribution >= 0.6 is 0 Å². The topological polar surface area (TPSA) is 55.9 Å². The van der Waals surface area contributed by atoms with E-state index in [0.717, 1.165) is 25.0 Å². The van der Waals surface area contributed by atoms with Gasteiger partial charge >= 0.3 is 0 Å². The lowest BCUT2D eigenvalue weighted by Crippen LogP contribution is -2.29. The zero-order valence-corrected chi connectivity index (χ0v) is 12.3. The molecule has 0 aliphatic heterocycles. The molecule has 1 aromatic carbocycles. The number of nitrogens with two attached hydrogens (primary N) is 1. The van der Waals surface area contributed by atoms with Crippen LogP contribution in [0.1, 0.15) is 50.0 Å². The molecule has 0 aliphatic rings. The Morgan fingerprint density at radius 1 is 1.15 bits per heavy atom. The molecule has 2 aromatic rings. The molecular weight excluding hydrogens is 248 g/mol. The summed E-state index contributed by atoms with van der Waals surface area (Å²) in [5, 5.41) is 4.69. The third kappa shape index (κ3) is 3.46. The van der Waals surface area contributed by atoms with Crippen LogP contribution in [-0.2, 0) is 6.42 Å². The van der Waals surface area contributed by atoms with Gasteiger partial charge in [0.1, 0.15) is 0 Å². The number of rotatable bonds is 7. The van der Waals surface area contributed by atoms with E-state index in [1.54, 1.807) is 0 Å². The van der Waals surface area contributed by atoms with Gasteiger partial charge in [-0.05, 0) is 24.5 Å². The van der Waals surface area contributed by atoms with Gasteiger partial charge in [0.2, 0.25) is 0 Å². The van der Waals surface area contributed by atoms with Gasteiger partial charge in [-0.3, -0.25) is 16.0 Å². The molecule has 0 saturated heterocycles. The third-order valence-electron chi connectivity index (χ3n) is 3.80. The summed E-state index contributed by atoms with van der Waals surface area (Å²) in [6.45, 7) is 4.40. The van der Waals surface area contributed by atoms with Crippen LogP contribution in [-0.4, -0.2) is 9.78 Å². The van der Waals surface area contributed by atoms with Crippen molar-refractivity contribution in [2.45, 2.75) is 45.2 Å². The van der Waals surface area contributed by atoms with Crippen molar-refractivity contribution in [3.63, 3.8) is 0 Å². The van der Waals surface area contributed by atoms with E-state index in [1.807, 2.05) is 18.2 Å². The summed E-state index contributed by atoms with van der Waals surface area (Å²) in [6, 6.07) is 12.9. The van der Waals surface area contributed by atoms with Crippen molar-refractivity contribution in [2.75, 3.05) is 0 Å². The smallest absolute Gasteiger partial charge is 0.0644 e. The zero-order valence-electron chi connectivity index (χ0n) is 12.3. The van der Waals surface area contributed by atoms with Gasteiger partial charge < -0.3 is 0 Å². The SMILES string of the molecule is CCC(CC)n1ccc(CC(NN)c2ccccc2)n1. The Hall–Kier alpha value is -1.65. The average Bonchev–Trinajstić information content (AvgIpc) is 2.95. The Kier molecular flexibility index (Phi) is 5.32. The van der Waals surface area contributed by atoms with E-state index in [-0.39, 0.29) is 6.04 Å². The molecule has 4 nitrogen and oxygen atoms in total. The van der Waals surface area contributed by atoms with Gasteiger partial charge in [-0.2, -0.15) is 5.10 Å². The molecule has 1 atom stereocenters. The second-order valence-electron chi connectivity index (χ2n) is 5.09. The molecule has 0 bridgehead atoms. The standard InChI is InChI=1S/C16H24N4/c1-3-15(4-2)20-11-10-14(19-20)12-16(18-17)13-8-6-5-7-9-13/h5-11,15-16,18H,3-4,12,17H2,1-2H3. The summed E-state index contributed by atoms with van der Waals surface area (Å²) >= 11 is 0. The quantitative estimate of drug-likeness (QED) is 0.602. The highest BCUT2D eigenvalue weighted by molar-refractivity contribution is 5.20. The number of benzene rings is 1. The molecule has 1 heterocycles. The summed E-state index contributed by atoms with van der Waals surface area (Å²) in [5.41, 5.74) is 5.14. The van der Waals surface area contributed by atoms with Crippen molar-refractivity contribution in [1.29, 1.82) is 0 Å². The first-order chi connectivity index (χ1) is 9.78. The van der Waals surface area contributed by atoms with Gasteiger partial charge in [-0.25, -0.2) is 0 Å². The van der Waals surface area contributed by atoms with E-state index in [9.17, 15) is 0 Å². The first-order valence-corrected chi connectivity index (χ1v) is 7.33. The van der Waals surface area contributed by atoms with E-state index in [0.29, 0.717) is 6.04 Å². The molecule has 0 radical (unpaired) electrons. The third-order valence-corrected chi connectivity index (χ3v) is 3.80. The molecule has 1 unspecified atom stereocenters. The Morgan fingerprint density at radius 2 is 1.85 bits per heavy atom. The summed E-state index contributed by atoms with van der Waals surface area (Å²) in [4.78, 5) is 0. The number of nitrogens with zero attached hydrogens (tertiary/aromatic N) is 2. The molecule has 1 aromatic heterocycles. The van der Waals surface area contributed by atoms with E-state index in [2.05, 4.69) is 53.4 Å². The second-order valence-corrected chi connectivity index (χ2v) is 5.09. The van der Waals surface area contributed by atoms with Crippen LogP contribution in [0.15, 0.2) is 42.6 Å². The number of hydrazine groups is 1. The van der Waals surface area contributed by atoms with E-state index >= 15 is 0 Å². The highest BCUT2D eigenvalue weighted by Crippen LogP contribution is 2.19. The summed E-state index contributed by atoms with van der Waals surface area (Å²) < 4.78 is 2.08. The molecule has 4 heteroatoms. The molecule has 0 spiro atoms. The van der Waals surface area contributed by atoms with Crippen molar-refractivity contribution >= 4 is 0 Å². The maximum atomic E-state index is 5.69. The summed E-state index contributed by atoms with van der Waals surface area (Å²) in [5.74, 6) is 5.69. The fourth-order valence-electron chi connectivity index (χ4n) is 2.52. The fraction of sp³-hybridized carbons (Fsp3) is 0.438. The highest BCUT2D eigenvalue weighted by atomic mass is 15.3. The van der Waals surface area contributed by atoms with Gasteiger partial charge in [0, 0.05) is 12.6 Å². The van der Waals surface area contributed by atoms with Gasteiger partial charge in [0.05, 0.1) is 17.8 Å². The molecule has 2 rings (SSSR count).